The van der Waals surface area contributed by atoms with Gasteiger partial charge in [-0.05, 0) is 18.2 Å². The average Bonchev–Trinajstić information content (AvgIpc) is 2.31. The van der Waals surface area contributed by atoms with Crippen molar-refractivity contribution in [1.82, 2.24) is 9.97 Å². The quantitative estimate of drug-likeness (QED) is 0.740. The van der Waals surface area contributed by atoms with Crippen LogP contribution >= 0.6 is 0 Å². The van der Waals surface area contributed by atoms with Gasteiger partial charge in [0.05, 0.1) is 11.6 Å². The van der Waals surface area contributed by atoms with E-state index in [1.807, 2.05) is 6.07 Å². The number of hydrogen-bond acceptors (Lipinski definition) is 4. The lowest BCUT2D eigenvalue weighted by atomic mass is 10.2. The zero-order chi connectivity index (χ0) is 10.5. The Morgan fingerprint density at radius 3 is 2.93 bits per heavy atom. The predicted octanol–water partition coefficient (Wildman–Crippen LogP) is 2.14. The number of benzene rings is 1. The van der Waals surface area contributed by atoms with Crippen molar-refractivity contribution in [1.29, 1.82) is 5.26 Å². The largest absolute Gasteiger partial charge is 0.439 e. The average molecular weight is 197 g/mol. The standard InChI is InChI=1S/C11H7N3O/c12-7-9-2-1-3-10(6-9)15-11-4-5-13-8-14-11/h1-6,8H. The first-order valence-electron chi connectivity index (χ1n) is 4.32. The fourth-order valence-corrected chi connectivity index (χ4v) is 1.09. The van der Waals surface area contributed by atoms with Crippen LogP contribution in [-0.4, -0.2) is 9.97 Å². The second-order valence-corrected chi connectivity index (χ2v) is 2.79. The molecule has 2 rings (SSSR count). The van der Waals surface area contributed by atoms with Gasteiger partial charge in [0.1, 0.15) is 12.1 Å². The van der Waals surface area contributed by atoms with Crippen LogP contribution in [0.3, 0.4) is 0 Å². The molecule has 72 valence electrons. The van der Waals surface area contributed by atoms with Gasteiger partial charge in [-0.2, -0.15) is 5.26 Å². The summed E-state index contributed by atoms with van der Waals surface area (Å²) >= 11 is 0. The predicted molar refractivity (Wildman–Crippen MR) is 53.3 cm³/mol. The third-order valence-electron chi connectivity index (χ3n) is 1.74. The highest BCUT2D eigenvalue weighted by Crippen LogP contribution is 2.18. The van der Waals surface area contributed by atoms with Crippen LogP contribution < -0.4 is 4.74 Å². The molecular weight excluding hydrogens is 190 g/mol. The molecular formula is C11H7N3O. The number of rotatable bonds is 2. The third kappa shape index (κ3) is 2.29. The highest BCUT2D eigenvalue weighted by molar-refractivity contribution is 5.37. The topological polar surface area (TPSA) is 58.8 Å². The van der Waals surface area contributed by atoms with E-state index in [1.54, 1.807) is 36.5 Å². The molecule has 0 bridgehead atoms. The fourth-order valence-electron chi connectivity index (χ4n) is 1.09. The van der Waals surface area contributed by atoms with Crippen LogP contribution in [0.2, 0.25) is 0 Å². The van der Waals surface area contributed by atoms with Crippen LogP contribution in [0.1, 0.15) is 5.56 Å². The van der Waals surface area contributed by atoms with Gasteiger partial charge in [-0.1, -0.05) is 6.07 Å². The molecule has 0 saturated carbocycles. The van der Waals surface area contributed by atoms with Gasteiger partial charge in [-0.25, -0.2) is 9.97 Å². The van der Waals surface area contributed by atoms with Gasteiger partial charge in [-0.15, -0.1) is 0 Å². The molecule has 0 amide bonds. The Labute approximate surface area is 86.8 Å². The maximum Gasteiger partial charge on any atom is 0.222 e. The lowest BCUT2D eigenvalue weighted by Gasteiger charge is -2.03. The van der Waals surface area contributed by atoms with E-state index >= 15 is 0 Å². The number of aromatic nitrogens is 2. The SMILES string of the molecule is N#Cc1cccc(Oc2ccncn2)c1. The molecule has 1 aromatic heterocycles. The van der Waals surface area contributed by atoms with E-state index in [0.29, 0.717) is 17.2 Å². The molecule has 0 radical (unpaired) electrons. The number of ether oxygens (including phenoxy) is 1. The van der Waals surface area contributed by atoms with Crippen LogP contribution in [-0.2, 0) is 0 Å². The third-order valence-corrected chi connectivity index (χ3v) is 1.74. The monoisotopic (exact) mass is 197 g/mol. The Bertz CT molecular complexity index is 491. The van der Waals surface area contributed by atoms with Crippen LogP contribution in [0.25, 0.3) is 0 Å². The lowest BCUT2D eigenvalue weighted by Crippen LogP contribution is -1.88. The molecule has 1 aromatic carbocycles. The molecule has 0 atom stereocenters. The molecule has 4 heteroatoms. The van der Waals surface area contributed by atoms with Gasteiger partial charge in [0.2, 0.25) is 5.88 Å². The Hall–Kier alpha value is -2.41. The molecule has 0 aliphatic rings. The zero-order valence-corrected chi connectivity index (χ0v) is 7.79. The molecule has 4 nitrogen and oxygen atoms in total. The van der Waals surface area contributed by atoms with Crippen molar-refractivity contribution in [2.45, 2.75) is 0 Å². The summed E-state index contributed by atoms with van der Waals surface area (Å²) in [6.07, 6.45) is 3.00. The second kappa shape index (κ2) is 4.20. The van der Waals surface area contributed by atoms with E-state index < -0.39 is 0 Å². The summed E-state index contributed by atoms with van der Waals surface area (Å²) in [6.45, 7) is 0. The highest BCUT2D eigenvalue weighted by Gasteiger charge is 1.98. The molecule has 2 aromatic rings. The molecule has 0 spiro atoms. The molecule has 0 N–H and O–H groups in total. The summed E-state index contributed by atoms with van der Waals surface area (Å²) in [5.74, 6) is 1.05. The minimum absolute atomic E-state index is 0.458. The maximum atomic E-state index is 8.70. The van der Waals surface area contributed by atoms with Gasteiger partial charge < -0.3 is 4.74 Å². The van der Waals surface area contributed by atoms with Crippen LogP contribution in [0.4, 0.5) is 0 Å². The Morgan fingerprint density at radius 1 is 1.27 bits per heavy atom. The van der Waals surface area contributed by atoms with Gasteiger partial charge in [0.25, 0.3) is 0 Å². The molecule has 1 heterocycles. The van der Waals surface area contributed by atoms with Crippen molar-refractivity contribution in [3.05, 3.63) is 48.4 Å². The molecule has 0 unspecified atom stereocenters. The smallest absolute Gasteiger partial charge is 0.222 e. The van der Waals surface area contributed by atoms with E-state index in [-0.39, 0.29) is 0 Å². The summed E-state index contributed by atoms with van der Waals surface area (Å²) in [6, 6.07) is 10.6. The minimum atomic E-state index is 0.458. The molecule has 0 aliphatic heterocycles. The minimum Gasteiger partial charge on any atom is -0.439 e. The lowest BCUT2D eigenvalue weighted by molar-refractivity contribution is 0.461. The highest BCUT2D eigenvalue weighted by atomic mass is 16.5. The van der Waals surface area contributed by atoms with Gasteiger partial charge in [-0.3, -0.25) is 0 Å². The first-order valence-corrected chi connectivity index (χ1v) is 4.32. The molecule has 0 saturated heterocycles. The van der Waals surface area contributed by atoms with Crippen LogP contribution in [0.15, 0.2) is 42.9 Å². The van der Waals surface area contributed by atoms with E-state index in [4.69, 9.17) is 10.00 Å². The second-order valence-electron chi connectivity index (χ2n) is 2.79. The van der Waals surface area contributed by atoms with Gasteiger partial charge in [0, 0.05) is 12.3 Å². The van der Waals surface area contributed by atoms with Crippen LogP contribution in [0.5, 0.6) is 11.6 Å². The first-order chi connectivity index (χ1) is 7.38. The van der Waals surface area contributed by atoms with Crippen molar-refractivity contribution >= 4 is 0 Å². The maximum absolute atomic E-state index is 8.70. The number of nitrogens with zero attached hydrogens (tertiary/aromatic N) is 3. The van der Waals surface area contributed by atoms with E-state index in [1.165, 1.54) is 6.33 Å². The fraction of sp³-hybridized carbons (Fsp3) is 0. The molecule has 0 fully saturated rings. The van der Waals surface area contributed by atoms with E-state index in [2.05, 4.69) is 9.97 Å². The summed E-state index contributed by atoms with van der Waals surface area (Å²) in [5.41, 5.74) is 0.557. The number of hydrogen-bond donors (Lipinski definition) is 0. The summed E-state index contributed by atoms with van der Waals surface area (Å²) < 4.78 is 5.42. The first kappa shape index (κ1) is 9.16. The van der Waals surface area contributed by atoms with E-state index in [9.17, 15) is 0 Å². The van der Waals surface area contributed by atoms with Crippen molar-refractivity contribution in [2.24, 2.45) is 0 Å². The Morgan fingerprint density at radius 2 is 2.20 bits per heavy atom. The van der Waals surface area contributed by atoms with E-state index in [0.717, 1.165) is 0 Å². The van der Waals surface area contributed by atoms with Gasteiger partial charge in [0.15, 0.2) is 0 Å². The Balaban J connectivity index is 2.22. The normalized spacial score (nSPS) is 9.27. The summed E-state index contributed by atoms with van der Waals surface area (Å²) in [7, 11) is 0. The van der Waals surface area contributed by atoms with Crippen molar-refractivity contribution in [3.63, 3.8) is 0 Å². The van der Waals surface area contributed by atoms with Gasteiger partial charge >= 0.3 is 0 Å². The summed E-state index contributed by atoms with van der Waals surface area (Å²) in [4.78, 5) is 7.69. The zero-order valence-electron chi connectivity index (χ0n) is 7.79. The molecule has 0 aliphatic carbocycles. The molecule has 15 heavy (non-hydrogen) atoms. The Kier molecular flexibility index (Phi) is 2.56. The number of nitriles is 1. The summed E-state index contributed by atoms with van der Waals surface area (Å²) in [5, 5.41) is 8.70. The van der Waals surface area contributed by atoms with Crippen molar-refractivity contribution in [2.75, 3.05) is 0 Å². The van der Waals surface area contributed by atoms with Crippen molar-refractivity contribution < 1.29 is 4.74 Å². The van der Waals surface area contributed by atoms with Crippen LogP contribution in [0, 0.1) is 11.3 Å². The van der Waals surface area contributed by atoms with Crippen molar-refractivity contribution in [3.8, 4) is 17.7 Å².